The summed E-state index contributed by atoms with van der Waals surface area (Å²) in [5.74, 6) is 0.429. The van der Waals surface area contributed by atoms with E-state index in [4.69, 9.17) is 9.29 Å². The summed E-state index contributed by atoms with van der Waals surface area (Å²) in [5.41, 5.74) is 1.03. The van der Waals surface area contributed by atoms with Crippen LogP contribution in [0, 0.1) is 0 Å². The number of ether oxygens (including phenoxy) is 1. The first-order valence-corrected chi connectivity index (χ1v) is 9.42. The lowest BCUT2D eigenvalue weighted by Gasteiger charge is -2.12. The van der Waals surface area contributed by atoms with Crippen LogP contribution in [0.3, 0.4) is 0 Å². The van der Waals surface area contributed by atoms with E-state index < -0.39 is 10.1 Å². The summed E-state index contributed by atoms with van der Waals surface area (Å²) in [5, 5.41) is 9.95. The molecule has 6 heteroatoms. The molecule has 0 amide bonds. The first-order valence-electron chi connectivity index (χ1n) is 7.98. The number of benzene rings is 2. The second kappa shape index (κ2) is 8.17. The highest BCUT2D eigenvalue weighted by atomic mass is 32.2. The summed E-state index contributed by atoms with van der Waals surface area (Å²) in [7, 11) is -4.36. The molecule has 0 fully saturated rings. The third-order valence-electron chi connectivity index (χ3n) is 3.72. The molecule has 0 unspecified atom stereocenters. The van der Waals surface area contributed by atoms with E-state index in [0.29, 0.717) is 5.75 Å². The van der Waals surface area contributed by atoms with Crippen molar-refractivity contribution >= 4 is 10.1 Å². The van der Waals surface area contributed by atoms with Gasteiger partial charge in [-0.05, 0) is 36.6 Å². The van der Waals surface area contributed by atoms with Gasteiger partial charge in [0.15, 0.2) is 11.5 Å². The van der Waals surface area contributed by atoms with E-state index in [-0.39, 0.29) is 16.4 Å². The van der Waals surface area contributed by atoms with Gasteiger partial charge in [0.2, 0.25) is 0 Å². The minimum atomic E-state index is -4.36. The van der Waals surface area contributed by atoms with Crippen molar-refractivity contribution in [2.45, 2.75) is 43.9 Å². The summed E-state index contributed by atoms with van der Waals surface area (Å²) in [6.07, 6.45) is 5.45. The van der Waals surface area contributed by atoms with Crippen LogP contribution in [0.4, 0.5) is 0 Å². The van der Waals surface area contributed by atoms with Crippen molar-refractivity contribution in [1.82, 2.24) is 0 Å². The van der Waals surface area contributed by atoms with Gasteiger partial charge in [0.1, 0.15) is 5.75 Å². The zero-order valence-corrected chi connectivity index (χ0v) is 14.4. The molecule has 0 spiro atoms. The van der Waals surface area contributed by atoms with Gasteiger partial charge in [-0.1, -0.05) is 44.4 Å². The fourth-order valence-electron chi connectivity index (χ4n) is 2.41. The van der Waals surface area contributed by atoms with Gasteiger partial charge in [-0.3, -0.25) is 4.55 Å². The van der Waals surface area contributed by atoms with E-state index >= 15 is 0 Å². The molecule has 0 saturated heterocycles. The van der Waals surface area contributed by atoms with Crippen LogP contribution in [0.25, 0.3) is 0 Å². The predicted octanol–water partition coefficient (Wildman–Crippen LogP) is 4.55. The van der Waals surface area contributed by atoms with Crippen molar-refractivity contribution < 1.29 is 22.8 Å². The number of phenols is 1. The van der Waals surface area contributed by atoms with Crippen LogP contribution in [0.1, 0.15) is 38.2 Å². The number of hydrogen-bond donors (Lipinski definition) is 2. The number of phenolic OH excluding ortho intramolecular Hbond substituents is 1. The minimum Gasteiger partial charge on any atom is -0.504 e. The van der Waals surface area contributed by atoms with E-state index in [9.17, 15) is 13.5 Å². The molecule has 2 N–H and O–H groups in total. The highest BCUT2D eigenvalue weighted by Crippen LogP contribution is 2.34. The van der Waals surface area contributed by atoms with E-state index in [1.807, 2.05) is 24.3 Å². The zero-order valence-electron chi connectivity index (χ0n) is 13.6. The molecular formula is C18H22O5S. The summed E-state index contributed by atoms with van der Waals surface area (Å²) in [4.78, 5) is -0.375. The van der Waals surface area contributed by atoms with Gasteiger partial charge in [0.05, 0.1) is 4.90 Å². The van der Waals surface area contributed by atoms with Crippen LogP contribution in [0.5, 0.6) is 17.2 Å². The van der Waals surface area contributed by atoms with Gasteiger partial charge < -0.3 is 9.84 Å². The fourth-order valence-corrected chi connectivity index (χ4v) is 2.92. The molecular weight excluding hydrogens is 328 g/mol. The number of para-hydroxylation sites is 1. The first-order chi connectivity index (χ1) is 11.4. The Kier molecular flexibility index (Phi) is 6.23. The third kappa shape index (κ3) is 4.97. The van der Waals surface area contributed by atoms with Crippen LogP contribution >= 0.6 is 0 Å². The van der Waals surface area contributed by atoms with Gasteiger partial charge >= 0.3 is 0 Å². The molecule has 0 heterocycles. The Bertz CT molecular complexity index is 784. The van der Waals surface area contributed by atoms with Crippen LogP contribution in [-0.2, 0) is 16.5 Å². The number of unbranched alkanes of at least 4 members (excludes halogenated alkanes) is 3. The van der Waals surface area contributed by atoms with Gasteiger partial charge in [0, 0.05) is 6.07 Å². The van der Waals surface area contributed by atoms with Gasteiger partial charge in [0.25, 0.3) is 10.1 Å². The molecule has 0 aliphatic heterocycles. The Labute approximate surface area is 142 Å². The third-order valence-corrected chi connectivity index (χ3v) is 4.57. The summed E-state index contributed by atoms with van der Waals surface area (Å²) >= 11 is 0. The van der Waals surface area contributed by atoms with Gasteiger partial charge in [-0.25, -0.2) is 0 Å². The Balaban J connectivity index is 2.16. The lowest BCUT2D eigenvalue weighted by atomic mass is 10.1. The molecule has 24 heavy (non-hydrogen) atoms. The minimum absolute atomic E-state index is 0.142. The molecule has 130 valence electrons. The number of aryl methyl sites for hydroxylation is 1. The van der Waals surface area contributed by atoms with E-state index in [0.717, 1.165) is 30.9 Å². The van der Waals surface area contributed by atoms with Crippen LogP contribution in [0.15, 0.2) is 47.4 Å². The average molecular weight is 350 g/mol. The van der Waals surface area contributed by atoms with Crippen molar-refractivity contribution in [3.63, 3.8) is 0 Å². The molecule has 0 saturated carbocycles. The average Bonchev–Trinajstić information content (AvgIpc) is 2.54. The summed E-state index contributed by atoms with van der Waals surface area (Å²) in [6.45, 7) is 2.16. The maximum absolute atomic E-state index is 11.1. The maximum atomic E-state index is 11.1. The molecule has 2 aromatic rings. The van der Waals surface area contributed by atoms with Crippen molar-refractivity contribution in [3.05, 3.63) is 48.0 Å². The lowest BCUT2D eigenvalue weighted by molar-refractivity contribution is 0.406. The zero-order chi connectivity index (χ0) is 17.6. The number of rotatable bonds is 8. The Morgan fingerprint density at radius 2 is 1.75 bits per heavy atom. The lowest BCUT2D eigenvalue weighted by Crippen LogP contribution is -1.98. The molecule has 2 rings (SSSR count). The van der Waals surface area contributed by atoms with Crippen molar-refractivity contribution in [1.29, 1.82) is 0 Å². The fraction of sp³-hybridized carbons (Fsp3) is 0.333. The van der Waals surface area contributed by atoms with Crippen molar-refractivity contribution in [3.8, 4) is 17.2 Å². The quantitative estimate of drug-likeness (QED) is 0.539. The standard InChI is InChI=1S/C18H22O5S/c1-2-3-4-5-8-14-9-6-7-10-17(14)23-18-12-11-15(13-16(18)19)24(20,21)22/h6-7,9-13,19H,2-5,8H2,1H3,(H,20,21,22). The van der Waals surface area contributed by atoms with Crippen LogP contribution < -0.4 is 4.74 Å². The van der Waals surface area contributed by atoms with E-state index in [1.165, 1.54) is 25.0 Å². The Morgan fingerprint density at radius 1 is 1.00 bits per heavy atom. The molecule has 0 radical (unpaired) electrons. The normalized spacial score (nSPS) is 11.4. The predicted molar refractivity (Wildman–Crippen MR) is 92.3 cm³/mol. The largest absolute Gasteiger partial charge is 0.504 e. The van der Waals surface area contributed by atoms with Gasteiger partial charge in [-0.2, -0.15) is 8.42 Å². The number of hydrogen-bond acceptors (Lipinski definition) is 4. The monoisotopic (exact) mass is 350 g/mol. The van der Waals surface area contributed by atoms with Crippen LogP contribution in [0.2, 0.25) is 0 Å². The molecule has 0 aromatic heterocycles. The molecule has 0 aliphatic carbocycles. The molecule has 0 atom stereocenters. The summed E-state index contributed by atoms with van der Waals surface area (Å²) in [6, 6.07) is 11.0. The second-order valence-electron chi connectivity index (χ2n) is 5.63. The number of aromatic hydroxyl groups is 1. The highest BCUT2D eigenvalue weighted by Gasteiger charge is 2.14. The highest BCUT2D eigenvalue weighted by molar-refractivity contribution is 7.85. The topological polar surface area (TPSA) is 83.8 Å². The van der Waals surface area contributed by atoms with E-state index in [2.05, 4.69) is 6.92 Å². The van der Waals surface area contributed by atoms with Gasteiger partial charge in [-0.15, -0.1) is 0 Å². The van der Waals surface area contributed by atoms with Crippen molar-refractivity contribution in [2.24, 2.45) is 0 Å². The molecule has 0 aliphatic rings. The van der Waals surface area contributed by atoms with Crippen molar-refractivity contribution in [2.75, 3.05) is 0 Å². The second-order valence-corrected chi connectivity index (χ2v) is 7.05. The van der Waals surface area contributed by atoms with Crippen LogP contribution in [-0.4, -0.2) is 18.1 Å². The van der Waals surface area contributed by atoms with E-state index in [1.54, 1.807) is 0 Å². The smallest absolute Gasteiger partial charge is 0.294 e. The molecule has 0 bridgehead atoms. The first kappa shape index (κ1) is 18.3. The maximum Gasteiger partial charge on any atom is 0.294 e. The SMILES string of the molecule is CCCCCCc1ccccc1Oc1ccc(S(=O)(=O)O)cc1O. The summed E-state index contributed by atoms with van der Waals surface area (Å²) < 4.78 is 36.9. The molecule has 2 aromatic carbocycles. The molecule has 5 nitrogen and oxygen atoms in total. The Hall–Kier alpha value is -2.05. The Morgan fingerprint density at radius 3 is 2.42 bits per heavy atom.